The Balaban J connectivity index is 1.78. The first-order chi connectivity index (χ1) is 12.2. The maximum atomic E-state index is 12.8. The van der Waals surface area contributed by atoms with Gasteiger partial charge in [-0.15, -0.1) is 0 Å². The molecule has 1 atom stereocenters. The molecule has 0 aliphatic carbocycles. The van der Waals surface area contributed by atoms with Crippen LogP contribution in [0.3, 0.4) is 0 Å². The fourth-order valence-corrected chi connectivity index (χ4v) is 2.65. The Morgan fingerprint density at radius 3 is 3.12 bits per heavy atom. The molecule has 2 aromatic rings. The number of aromatic nitrogens is 4. The van der Waals surface area contributed by atoms with Gasteiger partial charge in [0.1, 0.15) is 17.6 Å². The average Bonchev–Trinajstić information content (AvgIpc) is 3.08. The number of rotatable bonds is 6. The monoisotopic (exact) mass is 346 g/mol. The number of carbonyl (C=O) groups excluding carboxylic acids is 1. The molecule has 0 bridgehead atoms. The standard InChI is InChI=1S/C16H22N6O3/c1-21-7-4-12(20-21)16(23)22-8-10-25-11-13(22)15-18-5-3-14(19-15)17-6-9-24-2/h3-5,7,13H,6,8-11H2,1-2H3,(H,17,18,19). The van der Waals surface area contributed by atoms with Crippen molar-refractivity contribution in [3.05, 3.63) is 36.0 Å². The van der Waals surface area contributed by atoms with Gasteiger partial charge in [-0.2, -0.15) is 5.10 Å². The van der Waals surface area contributed by atoms with E-state index < -0.39 is 0 Å². The summed E-state index contributed by atoms with van der Waals surface area (Å²) < 4.78 is 12.2. The number of ether oxygens (including phenoxy) is 2. The Kier molecular flexibility index (Phi) is 5.56. The molecule has 25 heavy (non-hydrogen) atoms. The minimum Gasteiger partial charge on any atom is -0.383 e. The van der Waals surface area contributed by atoms with E-state index in [-0.39, 0.29) is 11.9 Å². The van der Waals surface area contributed by atoms with Gasteiger partial charge in [0.25, 0.3) is 5.91 Å². The lowest BCUT2D eigenvalue weighted by Gasteiger charge is -2.34. The molecule has 9 heteroatoms. The molecule has 1 fully saturated rings. The fourth-order valence-electron chi connectivity index (χ4n) is 2.65. The summed E-state index contributed by atoms with van der Waals surface area (Å²) in [5.74, 6) is 1.10. The molecular formula is C16H22N6O3. The smallest absolute Gasteiger partial charge is 0.275 e. The van der Waals surface area contributed by atoms with Crippen LogP contribution in [-0.4, -0.2) is 70.6 Å². The lowest BCUT2D eigenvalue weighted by molar-refractivity contribution is -0.00553. The molecule has 1 aliphatic rings. The summed E-state index contributed by atoms with van der Waals surface area (Å²) in [4.78, 5) is 23.4. The second kappa shape index (κ2) is 8.04. The van der Waals surface area contributed by atoms with Crippen LogP contribution in [-0.2, 0) is 16.5 Å². The van der Waals surface area contributed by atoms with Crippen LogP contribution in [0, 0.1) is 0 Å². The van der Waals surface area contributed by atoms with Gasteiger partial charge in [-0.25, -0.2) is 9.97 Å². The molecule has 0 radical (unpaired) electrons. The molecule has 1 aliphatic heterocycles. The van der Waals surface area contributed by atoms with E-state index in [9.17, 15) is 4.79 Å². The van der Waals surface area contributed by atoms with Gasteiger partial charge < -0.3 is 19.7 Å². The predicted molar refractivity (Wildman–Crippen MR) is 90.2 cm³/mol. The molecule has 1 amide bonds. The Morgan fingerprint density at radius 2 is 2.36 bits per heavy atom. The number of carbonyl (C=O) groups is 1. The number of nitrogens with zero attached hydrogens (tertiary/aromatic N) is 5. The summed E-state index contributed by atoms with van der Waals surface area (Å²) >= 11 is 0. The van der Waals surface area contributed by atoms with Crippen molar-refractivity contribution < 1.29 is 14.3 Å². The summed E-state index contributed by atoms with van der Waals surface area (Å²) in [5.41, 5.74) is 0.406. The first-order valence-electron chi connectivity index (χ1n) is 8.13. The zero-order chi connectivity index (χ0) is 17.6. The van der Waals surface area contributed by atoms with Crippen LogP contribution in [0.25, 0.3) is 0 Å². The number of hydrogen-bond acceptors (Lipinski definition) is 7. The van der Waals surface area contributed by atoms with Crippen molar-refractivity contribution in [2.75, 3.05) is 45.3 Å². The van der Waals surface area contributed by atoms with Crippen LogP contribution in [0.5, 0.6) is 0 Å². The Labute approximate surface area is 146 Å². The molecule has 134 valence electrons. The quantitative estimate of drug-likeness (QED) is 0.760. The van der Waals surface area contributed by atoms with E-state index in [2.05, 4.69) is 20.4 Å². The van der Waals surface area contributed by atoms with E-state index in [1.165, 1.54) is 0 Å². The Bertz CT molecular complexity index is 719. The van der Waals surface area contributed by atoms with Gasteiger partial charge in [0, 0.05) is 39.6 Å². The van der Waals surface area contributed by atoms with Crippen LogP contribution in [0.2, 0.25) is 0 Å². The van der Waals surface area contributed by atoms with Crippen LogP contribution in [0.4, 0.5) is 5.82 Å². The number of anilines is 1. The van der Waals surface area contributed by atoms with Gasteiger partial charge in [0.15, 0.2) is 5.82 Å². The van der Waals surface area contributed by atoms with Gasteiger partial charge in [0.2, 0.25) is 0 Å². The van der Waals surface area contributed by atoms with Crippen LogP contribution in [0.15, 0.2) is 24.5 Å². The topological polar surface area (TPSA) is 94.4 Å². The molecule has 0 aromatic carbocycles. The highest BCUT2D eigenvalue weighted by Gasteiger charge is 2.32. The van der Waals surface area contributed by atoms with Gasteiger partial charge in [-0.3, -0.25) is 9.48 Å². The minimum atomic E-state index is -0.340. The first kappa shape index (κ1) is 17.3. The predicted octanol–water partition coefficient (Wildman–Crippen LogP) is 0.482. The number of hydrogen-bond donors (Lipinski definition) is 1. The van der Waals surface area contributed by atoms with E-state index in [1.54, 1.807) is 48.3 Å². The lowest BCUT2D eigenvalue weighted by Crippen LogP contribution is -2.44. The second-order valence-corrected chi connectivity index (χ2v) is 5.68. The van der Waals surface area contributed by atoms with Crippen molar-refractivity contribution in [2.24, 2.45) is 7.05 Å². The van der Waals surface area contributed by atoms with Crippen molar-refractivity contribution >= 4 is 11.7 Å². The average molecular weight is 346 g/mol. The summed E-state index contributed by atoms with van der Waals surface area (Å²) in [5, 5.41) is 7.37. The number of methoxy groups -OCH3 is 1. The molecule has 1 N–H and O–H groups in total. The molecule has 3 heterocycles. The molecule has 3 rings (SSSR count). The number of amides is 1. The zero-order valence-corrected chi connectivity index (χ0v) is 14.4. The van der Waals surface area contributed by atoms with Crippen molar-refractivity contribution in [1.82, 2.24) is 24.6 Å². The lowest BCUT2D eigenvalue weighted by atomic mass is 10.2. The second-order valence-electron chi connectivity index (χ2n) is 5.68. The number of morpholine rings is 1. The number of nitrogens with one attached hydrogen (secondary N) is 1. The van der Waals surface area contributed by atoms with Gasteiger partial charge >= 0.3 is 0 Å². The first-order valence-corrected chi connectivity index (χ1v) is 8.13. The van der Waals surface area contributed by atoms with E-state index >= 15 is 0 Å². The SMILES string of the molecule is COCCNc1ccnc(C2COCCN2C(=O)c2ccn(C)n2)n1. The highest BCUT2D eigenvalue weighted by Crippen LogP contribution is 2.23. The summed E-state index contributed by atoms with van der Waals surface area (Å²) in [6.07, 6.45) is 3.43. The van der Waals surface area contributed by atoms with Gasteiger partial charge in [-0.1, -0.05) is 0 Å². The largest absolute Gasteiger partial charge is 0.383 e. The molecule has 9 nitrogen and oxygen atoms in total. The third-order valence-electron chi connectivity index (χ3n) is 3.91. The van der Waals surface area contributed by atoms with Gasteiger partial charge in [0.05, 0.1) is 19.8 Å². The zero-order valence-electron chi connectivity index (χ0n) is 14.4. The summed E-state index contributed by atoms with van der Waals surface area (Å²) in [6, 6.07) is 3.15. The van der Waals surface area contributed by atoms with E-state index in [0.29, 0.717) is 50.2 Å². The molecule has 1 saturated heterocycles. The van der Waals surface area contributed by atoms with Gasteiger partial charge in [-0.05, 0) is 12.1 Å². The summed E-state index contributed by atoms with van der Waals surface area (Å²) in [7, 11) is 3.43. The fraction of sp³-hybridized carbons (Fsp3) is 0.500. The van der Waals surface area contributed by atoms with Crippen LogP contribution < -0.4 is 5.32 Å². The highest BCUT2D eigenvalue weighted by molar-refractivity contribution is 5.92. The molecular weight excluding hydrogens is 324 g/mol. The molecule has 0 spiro atoms. The highest BCUT2D eigenvalue weighted by atomic mass is 16.5. The Morgan fingerprint density at radius 1 is 1.48 bits per heavy atom. The van der Waals surface area contributed by atoms with Crippen molar-refractivity contribution in [1.29, 1.82) is 0 Å². The van der Waals surface area contributed by atoms with E-state index in [0.717, 1.165) is 0 Å². The van der Waals surface area contributed by atoms with Crippen molar-refractivity contribution in [3.63, 3.8) is 0 Å². The maximum Gasteiger partial charge on any atom is 0.275 e. The minimum absolute atomic E-state index is 0.143. The van der Waals surface area contributed by atoms with Crippen molar-refractivity contribution in [2.45, 2.75) is 6.04 Å². The maximum absolute atomic E-state index is 12.8. The van der Waals surface area contributed by atoms with E-state index in [4.69, 9.17) is 9.47 Å². The van der Waals surface area contributed by atoms with Crippen LogP contribution >= 0.6 is 0 Å². The summed E-state index contributed by atoms with van der Waals surface area (Å²) in [6.45, 7) is 2.55. The van der Waals surface area contributed by atoms with Crippen molar-refractivity contribution in [3.8, 4) is 0 Å². The van der Waals surface area contributed by atoms with E-state index in [1.807, 2.05) is 0 Å². The normalized spacial score (nSPS) is 17.5. The third-order valence-corrected chi connectivity index (χ3v) is 3.91. The Hall–Kier alpha value is -2.52. The molecule has 1 unspecified atom stereocenters. The number of aryl methyl sites for hydroxylation is 1. The molecule has 0 saturated carbocycles. The van der Waals surface area contributed by atoms with Crippen LogP contribution in [0.1, 0.15) is 22.4 Å². The molecule has 2 aromatic heterocycles. The third kappa shape index (κ3) is 4.12.